The second kappa shape index (κ2) is 10.1. The van der Waals surface area contributed by atoms with Crippen molar-refractivity contribution in [2.24, 2.45) is 0 Å². The van der Waals surface area contributed by atoms with Crippen molar-refractivity contribution in [2.45, 2.75) is 13.0 Å². The van der Waals surface area contributed by atoms with Crippen LogP contribution in [0.25, 0.3) is 11.3 Å². The molecule has 4 rings (SSSR count). The lowest BCUT2D eigenvalue weighted by molar-refractivity contribution is 0.0369. The molecule has 0 saturated carbocycles. The summed E-state index contributed by atoms with van der Waals surface area (Å²) < 4.78 is 25.7. The maximum atomic E-state index is 13.4. The van der Waals surface area contributed by atoms with Gasteiger partial charge in [-0.05, 0) is 42.8 Å². The molecule has 0 spiro atoms. The van der Waals surface area contributed by atoms with Gasteiger partial charge in [-0.25, -0.2) is 4.39 Å². The first-order valence-electron chi connectivity index (χ1n) is 10.9. The lowest BCUT2D eigenvalue weighted by atomic mass is 9.99. The van der Waals surface area contributed by atoms with Crippen LogP contribution in [0.2, 0.25) is 0 Å². The second-order valence-corrected chi connectivity index (χ2v) is 7.92. The third-order valence-corrected chi connectivity index (χ3v) is 5.85. The minimum absolute atomic E-state index is 0.0290. The van der Waals surface area contributed by atoms with E-state index in [9.17, 15) is 19.4 Å². The highest BCUT2D eigenvalue weighted by Crippen LogP contribution is 2.42. The molecule has 0 bridgehead atoms. The van der Waals surface area contributed by atoms with Crippen LogP contribution in [0.4, 0.5) is 4.39 Å². The molecule has 2 heterocycles. The van der Waals surface area contributed by atoms with E-state index in [0.717, 1.165) is 19.6 Å². The number of benzene rings is 2. The van der Waals surface area contributed by atoms with Crippen LogP contribution < -0.4 is 4.74 Å². The van der Waals surface area contributed by atoms with Gasteiger partial charge in [0.15, 0.2) is 11.5 Å². The number of rotatable bonds is 8. The molecule has 0 aliphatic carbocycles. The first kappa shape index (κ1) is 22.8. The maximum Gasteiger partial charge on any atom is 0.235 e. The zero-order valence-electron chi connectivity index (χ0n) is 18.5. The average Bonchev–Trinajstić information content (AvgIpc) is 3.10. The van der Waals surface area contributed by atoms with Gasteiger partial charge >= 0.3 is 0 Å². The van der Waals surface area contributed by atoms with Gasteiger partial charge in [-0.1, -0.05) is 12.1 Å². The van der Waals surface area contributed by atoms with Gasteiger partial charge < -0.3 is 24.3 Å². The maximum absolute atomic E-state index is 13.4. The van der Waals surface area contributed by atoms with Crippen molar-refractivity contribution in [1.82, 2.24) is 9.47 Å². The van der Waals surface area contributed by atoms with E-state index in [1.165, 1.54) is 24.3 Å². The van der Waals surface area contributed by atoms with E-state index >= 15 is 0 Å². The summed E-state index contributed by atoms with van der Waals surface area (Å²) in [6.07, 6.45) is 0.697. The molecule has 0 atom stereocenters. The number of ether oxygens (including phenoxy) is 2. The lowest BCUT2D eigenvalue weighted by Crippen LogP contribution is -2.37. The topological polar surface area (TPSA) is 84.2 Å². The number of carbonyl (C=O) groups is 1. The Bertz CT molecular complexity index is 1120. The molecule has 174 valence electrons. The summed E-state index contributed by atoms with van der Waals surface area (Å²) in [6, 6.07) is 12.2. The molecular weight excluding hydrogens is 427 g/mol. The van der Waals surface area contributed by atoms with E-state index in [1.807, 2.05) is 0 Å². The van der Waals surface area contributed by atoms with Gasteiger partial charge in [-0.3, -0.25) is 9.69 Å². The molecule has 0 unspecified atom stereocenters. The first-order chi connectivity index (χ1) is 16.0. The smallest absolute Gasteiger partial charge is 0.235 e. The molecule has 1 fully saturated rings. The van der Waals surface area contributed by atoms with E-state index < -0.39 is 17.3 Å². The van der Waals surface area contributed by atoms with Crippen LogP contribution in [0.3, 0.4) is 0 Å². The number of nitrogens with zero attached hydrogens (tertiary/aromatic N) is 2. The molecule has 0 radical (unpaired) electrons. The minimum Gasteiger partial charge on any atom is -0.503 e. The summed E-state index contributed by atoms with van der Waals surface area (Å²) in [5, 5.41) is 21.6. The predicted octanol–water partition coefficient (Wildman–Crippen LogP) is 3.67. The van der Waals surface area contributed by atoms with Crippen molar-refractivity contribution in [3.8, 4) is 28.6 Å². The SMILES string of the molecule is COc1cccc(-c2c(C(=O)c3ccc(F)cc3)c(O)c(O)n2CCCN2CCOCC2)c1. The summed E-state index contributed by atoms with van der Waals surface area (Å²) in [7, 11) is 1.54. The van der Waals surface area contributed by atoms with Crippen LogP contribution in [0.5, 0.6) is 17.4 Å². The van der Waals surface area contributed by atoms with Gasteiger partial charge in [-0.2, -0.15) is 0 Å². The van der Waals surface area contributed by atoms with E-state index in [2.05, 4.69) is 4.90 Å². The van der Waals surface area contributed by atoms with Crippen LogP contribution in [0, 0.1) is 5.82 Å². The molecule has 33 heavy (non-hydrogen) atoms. The Hall–Kier alpha value is -3.36. The van der Waals surface area contributed by atoms with Gasteiger partial charge in [0.1, 0.15) is 11.6 Å². The van der Waals surface area contributed by atoms with Crippen molar-refractivity contribution >= 4 is 5.78 Å². The Morgan fingerprint density at radius 1 is 1.09 bits per heavy atom. The fourth-order valence-electron chi connectivity index (χ4n) is 4.12. The molecule has 1 saturated heterocycles. The van der Waals surface area contributed by atoms with Crippen LogP contribution in [0.1, 0.15) is 22.3 Å². The zero-order chi connectivity index (χ0) is 23.4. The fraction of sp³-hybridized carbons (Fsp3) is 0.320. The molecular formula is C25H27FN2O5. The van der Waals surface area contributed by atoms with E-state index in [1.54, 1.807) is 35.9 Å². The van der Waals surface area contributed by atoms with Gasteiger partial charge in [-0.15, -0.1) is 0 Å². The Morgan fingerprint density at radius 3 is 2.52 bits per heavy atom. The van der Waals surface area contributed by atoms with Gasteiger partial charge in [0.25, 0.3) is 0 Å². The summed E-state index contributed by atoms with van der Waals surface area (Å²) >= 11 is 0. The molecule has 0 amide bonds. The number of halogens is 1. The van der Waals surface area contributed by atoms with E-state index in [4.69, 9.17) is 9.47 Å². The molecule has 2 N–H and O–H groups in total. The standard InChI is InChI=1S/C25H27FN2O5/c1-32-20-5-2-4-18(16-20)22-21(23(29)17-6-8-19(26)9-7-17)24(30)25(31)28(22)11-3-10-27-12-14-33-15-13-27/h2,4-9,16,30-31H,3,10-15H2,1H3. The normalized spacial score (nSPS) is 14.4. The summed E-state index contributed by atoms with van der Waals surface area (Å²) in [5.74, 6) is -1.26. The third kappa shape index (κ3) is 4.86. The number of carbonyl (C=O) groups excluding carboxylic acids is 1. The minimum atomic E-state index is -0.507. The number of morpholine rings is 1. The highest BCUT2D eigenvalue weighted by atomic mass is 19.1. The van der Waals surface area contributed by atoms with Crippen LogP contribution >= 0.6 is 0 Å². The lowest BCUT2D eigenvalue weighted by Gasteiger charge is -2.26. The van der Waals surface area contributed by atoms with E-state index in [0.29, 0.717) is 43.2 Å². The number of methoxy groups -OCH3 is 1. The van der Waals surface area contributed by atoms with Crippen molar-refractivity contribution in [2.75, 3.05) is 40.0 Å². The molecule has 7 nitrogen and oxygen atoms in total. The molecule has 3 aromatic rings. The molecule has 1 aliphatic rings. The van der Waals surface area contributed by atoms with Crippen molar-refractivity contribution in [3.63, 3.8) is 0 Å². The number of ketones is 1. The monoisotopic (exact) mass is 454 g/mol. The van der Waals surface area contributed by atoms with Crippen LogP contribution in [-0.2, 0) is 11.3 Å². The Balaban J connectivity index is 1.74. The first-order valence-corrected chi connectivity index (χ1v) is 10.9. The summed E-state index contributed by atoms with van der Waals surface area (Å²) in [4.78, 5) is 15.6. The molecule has 1 aromatic heterocycles. The molecule has 1 aliphatic heterocycles. The molecule has 8 heteroatoms. The van der Waals surface area contributed by atoms with E-state index in [-0.39, 0.29) is 17.0 Å². The van der Waals surface area contributed by atoms with Crippen LogP contribution in [-0.4, -0.2) is 65.4 Å². The Morgan fingerprint density at radius 2 is 1.82 bits per heavy atom. The summed E-state index contributed by atoms with van der Waals surface area (Å²) in [5.41, 5.74) is 1.18. The average molecular weight is 454 g/mol. The number of hydrogen-bond donors (Lipinski definition) is 2. The quantitative estimate of drug-likeness (QED) is 0.506. The molecule has 2 aromatic carbocycles. The van der Waals surface area contributed by atoms with Crippen molar-refractivity contribution in [3.05, 3.63) is 65.5 Å². The third-order valence-electron chi connectivity index (χ3n) is 5.85. The summed E-state index contributed by atoms with van der Waals surface area (Å²) in [6.45, 7) is 4.27. The fourth-order valence-corrected chi connectivity index (χ4v) is 4.12. The second-order valence-electron chi connectivity index (χ2n) is 7.92. The zero-order valence-corrected chi connectivity index (χ0v) is 18.5. The Kier molecular flexibility index (Phi) is 6.96. The van der Waals surface area contributed by atoms with Crippen molar-refractivity contribution in [1.29, 1.82) is 0 Å². The number of aromatic nitrogens is 1. The van der Waals surface area contributed by atoms with Gasteiger partial charge in [0.05, 0.1) is 31.6 Å². The predicted molar refractivity (Wildman–Crippen MR) is 121 cm³/mol. The van der Waals surface area contributed by atoms with Crippen LogP contribution in [0.15, 0.2) is 48.5 Å². The van der Waals surface area contributed by atoms with Gasteiger partial charge in [0, 0.05) is 37.3 Å². The largest absolute Gasteiger partial charge is 0.503 e. The number of hydrogen-bond acceptors (Lipinski definition) is 6. The van der Waals surface area contributed by atoms with Gasteiger partial charge in [0.2, 0.25) is 5.88 Å². The van der Waals surface area contributed by atoms with Crippen molar-refractivity contribution < 1.29 is 28.9 Å². The number of aromatic hydroxyl groups is 2. The highest BCUT2D eigenvalue weighted by molar-refractivity contribution is 6.15. The Labute approximate surface area is 191 Å². The highest BCUT2D eigenvalue weighted by Gasteiger charge is 2.29.